The molecule has 0 saturated carbocycles. The van der Waals surface area contributed by atoms with Gasteiger partial charge in [0, 0.05) is 11.8 Å². The molecule has 0 aromatic rings. The topological polar surface area (TPSA) is 17.1 Å². The maximum absolute atomic E-state index is 12.1. The minimum atomic E-state index is -0.185. The molecule has 1 unspecified atom stereocenters. The summed E-state index contributed by atoms with van der Waals surface area (Å²) in [6, 6.07) is 0. The van der Waals surface area contributed by atoms with Crippen LogP contribution in [0.1, 0.15) is 74.1 Å². The van der Waals surface area contributed by atoms with Gasteiger partial charge >= 0.3 is 0 Å². The normalized spacial score (nSPS) is 14.9. The average molecular weight is 226 g/mol. The maximum Gasteiger partial charge on any atom is 0.138 e. The van der Waals surface area contributed by atoms with Crippen molar-refractivity contribution in [2.75, 3.05) is 0 Å². The number of hydrogen-bond donors (Lipinski definition) is 0. The number of Topliss-reactive ketones (excluding diaryl/α,β-unsaturated/α-hetero) is 1. The van der Waals surface area contributed by atoms with Gasteiger partial charge in [-0.1, -0.05) is 61.3 Å². The van der Waals surface area contributed by atoms with Gasteiger partial charge in [0.05, 0.1) is 0 Å². The van der Waals surface area contributed by atoms with Gasteiger partial charge in [0.15, 0.2) is 0 Å². The molecule has 0 saturated heterocycles. The van der Waals surface area contributed by atoms with Gasteiger partial charge in [-0.2, -0.15) is 0 Å². The van der Waals surface area contributed by atoms with Gasteiger partial charge in [0.2, 0.25) is 0 Å². The number of carbonyl (C=O) groups excluding carboxylic acids is 1. The van der Waals surface area contributed by atoms with Crippen molar-refractivity contribution in [1.82, 2.24) is 0 Å². The summed E-state index contributed by atoms with van der Waals surface area (Å²) >= 11 is 0. The number of rotatable bonds is 5. The summed E-state index contributed by atoms with van der Waals surface area (Å²) in [6.45, 7) is 15.0. The standard InChI is InChI=1S/C15H30O/c1-8-9-10-12(14(2,3)4)11-13(16)15(5,6)7/h12H,8-11H2,1-7H3. The van der Waals surface area contributed by atoms with Gasteiger partial charge in [-0.05, 0) is 17.8 Å². The van der Waals surface area contributed by atoms with Gasteiger partial charge in [0.25, 0.3) is 0 Å². The second-order valence-electron chi connectivity index (χ2n) is 7.08. The molecule has 0 aliphatic heterocycles. The minimum absolute atomic E-state index is 0.185. The zero-order valence-electron chi connectivity index (χ0n) is 12.3. The van der Waals surface area contributed by atoms with E-state index in [2.05, 4.69) is 27.7 Å². The smallest absolute Gasteiger partial charge is 0.138 e. The second kappa shape index (κ2) is 5.84. The predicted molar refractivity (Wildman–Crippen MR) is 71.5 cm³/mol. The molecule has 1 atom stereocenters. The highest BCUT2D eigenvalue weighted by molar-refractivity contribution is 5.83. The molecule has 1 heteroatoms. The maximum atomic E-state index is 12.1. The number of ketones is 1. The van der Waals surface area contributed by atoms with Gasteiger partial charge < -0.3 is 0 Å². The first-order valence-electron chi connectivity index (χ1n) is 6.62. The summed E-state index contributed by atoms with van der Waals surface area (Å²) in [7, 11) is 0. The molecule has 0 aromatic heterocycles. The average Bonchev–Trinajstić information content (AvgIpc) is 2.08. The third kappa shape index (κ3) is 5.67. The van der Waals surface area contributed by atoms with E-state index in [1.165, 1.54) is 19.3 Å². The van der Waals surface area contributed by atoms with Gasteiger partial charge in [0.1, 0.15) is 5.78 Å². The van der Waals surface area contributed by atoms with E-state index >= 15 is 0 Å². The minimum Gasteiger partial charge on any atom is -0.299 e. The lowest BCUT2D eigenvalue weighted by Gasteiger charge is -2.32. The molecule has 0 amide bonds. The van der Waals surface area contributed by atoms with Crippen LogP contribution in [0.5, 0.6) is 0 Å². The van der Waals surface area contributed by atoms with Crippen molar-refractivity contribution in [1.29, 1.82) is 0 Å². The Bertz CT molecular complexity index is 215. The number of hydrogen-bond acceptors (Lipinski definition) is 1. The summed E-state index contributed by atoms with van der Waals surface area (Å²) in [5, 5.41) is 0. The van der Waals surface area contributed by atoms with Crippen molar-refractivity contribution in [2.24, 2.45) is 16.7 Å². The Morgan fingerprint density at radius 1 is 1.06 bits per heavy atom. The van der Waals surface area contributed by atoms with Gasteiger partial charge in [-0.25, -0.2) is 0 Å². The lowest BCUT2D eigenvalue weighted by molar-refractivity contribution is -0.128. The molecule has 0 N–H and O–H groups in total. The molecule has 0 bridgehead atoms. The molecule has 0 rings (SSSR count). The van der Waals surface area contributed by atoms with Gasteiger partial charge in [-0.3, -0.25) is 4.79 Å². The molecule has 0 radical (unpaired) electrons. The van der Waals surface area contributed by atoms with Crippen LogP contribution >= 0.6 is 0 Å². The van der Waals surface area contributed by atoms with Crippen molar-refractivity contribution < 1.29 is 4.79 Å². The summed E-state index contributed by atoms with van der Waals surface area (Å²) in [5.74, 6) is 0.933. The third-order valence-electron chi connectivity index (χ3n) is 3.40. The van der Waals surface area contributed by atoms with Crippen LogP contribution in [0.25, 0.3) is 0 Å². The molecule has 0 spiro atoms. The van der Waals surface area contributed by atoms with E-state index in [4.69, 9.17) is 0 Å². The molecular weight excluding hydrogens is 196 g/mol. The Morgan fingerprint density at radius 2 is 1.56 bits per heavy atom. The van der Waals surface area contributed by atoms with Crippen molar-refractivity contribution >= 4 is 5.78 Å². The zero-order valence-corrected chi connectivity index (χ0v) is 12.3. The summed E-state index contributed by atoms with van der Waals surface area (Å²) in [6.07, 6.45) is 4.38. The Labute approximate surface area is 102 Å². The van der Waals surface area contributed by atoms with Crippen molar-refractivity contribution in [3.8, 4) is 0 Å². The fraction of sp³-hybridized carbons (Fsp3) is 0.933. The SMILES string of the molecule is CCCCC(CC(=O)C(C)(C)C)C(C)(C)C. The first kappa shape index (κ1) is 15.7. The summed E-state index contributed by atoms with van der Waals surface area (Å²) in [5.41, 5.74) is 0.0613. The van der Waals surface area contributed by atoms with E-state index in [9.17, 15) is 4.79 Å². The molecule has 0 aliphatic carbocycles. The third-order valence-corrected chi connectivity index (χ3v) is 3.40. The lowest BCUT2D eigenvalue weighted by Crippen LogP contribution is -2.29. The van der Waals surface area contributed by atoms with E-state index < -0.39 is 0 Å². The first-order chi connectivity index (χ1) is 7.09. The molecule has 0 fully saturated rings. The Hall–Kier alpha value is -0.330. The molecule has 0 heterocycles. The second-order valence-corrected chi connectivity index (χ2v) is 7.08. The molecular formula is C15H30O. The van der Waals surface area contributed by atoms with Crippen molar-refractivity contribution in [2.45, 2.75) is 74.1 Å². The highest BCUT2D eigenvalue weighted by atomic mass is 16.1. The Balaban J connectivity index is 4.50. The molecule has 0 aromatic carbocycles. The van der Waals surface area contributed by atoms with E-state index in [0.29, 0.717) is 11.7 Å². The highest BCUT2D eigenvalue weighted by Gasteiger charge is 2.30. The first-order valence-corrected chi connectivity index (χ1v) is 6.62. The van der Waals surface area contributed by atoms with Crippen LogP contribution in [0.2, 0.25) is 0 Å². The molecule has 0 aliphatic rings. The Morgan fingerprint density at radius 3 is 1.88 bits per heavy atom. The zero-order chi connectivity index (χ0) is 13.0. The van der Waals surface area contributed by atoms with Crippen molar-refractivity contribution in [3.63, 3.8) is 0 Å². The van der Waals surface area contributed by atoms with E-state index in [1.54, 1.807) is 0 Å². The monoisotopic (exact) mass is 226 g/mol. The van der Waals surface area contributed by atoms with E-state index in [1.807, 2.05) is 20.8 Å². The van der Waals surface area contributed by atoms with Crippen LogP contribution in [0, 0.1) is 16.7 Å². The van der Waals surface area contributed by atoms with Crippen LogP contribution in [-0.2, 0) is 4.79 Å². The molecule has 1 nitrogen and oxygen atoms in total. The van der Waals surface area contributed by atoms with E-state index in [0.717, 1.165) is 6.42 Å². The summed E-state index contributed by atoms with van der Waals surface area (Å²) in [4.78, 5) is 12.1. The lowest BCUT2D eigenvalue weighted by atomic mass is 9.72. The van der Waals surface area contributed by atoms with Crippen LogP contribution in [-0.4, -0.2) is 5.78 Å². The number of carbonyl (C=O) groups is 1. The fourth-order valence-corrected chi connectivity index (χ4v) is 1.82. The highest BCUT2D eigenvalue weighted by Crippen LogP contribution is 2.35. The van der Waals surface area contributed by atoms with Crippen LogP contribution in [0.15, 0.2) is 0 Å². The number of unbranched alkanes of at least 4 members (excludes halogenated alkanes) is 1. The molecule has 96 valence electrons. The van der Waals surface area contributed by atoms with Crippen LogP contribution in [0.4, 0.5) is 0 Å². The van der Waals surface area contributed by atoms with Crippen molar-refractivity contribution in [3.05, 3.63) is 0 Å². The quantitative estimate of drug-likeness (QED) is 0.655. The van der Waals surface area contributed by atoms with E-state index in [-0.39, 0.29) is 10.8 Å². The van der Waals surface area contributed by atoms with Crippen LogP contribution in [0.3, 0.4) is 0 Å². The predicted octanol–water partition coefficient (Wildman–Crippen LogP) is 4.84. The fourth-order valence-electron chi connectivity index (χ4n) is 1.82. The Kier molecular flexibility index (Phi) is 5.72. The largest absolute Gasteiger partial charge is 0.299 e. The van der Waals surface area contributed by atoms with Crippen LogP contribution < -0.4 is 0 Å². The van der Waals surface area contributed by atoms with Gasteiger partial charge in [-0.15, -0.1) is 0 Å². The molecule has 16 heavy (non-hydrogen) atoms. The summed E-state index contributed by atoms with van der Waals surface area (Å²) < 4.78 is 0.